The van der Waals surface area contributed by atoms with Crippen molar-refractivity contribution in [3.63, 3.8) is 0 Å². The number of furan rings is 1. The predicted octanol–water partition coefficient (Wildman–Crippen LogP) is 5.26. The third-order valence-electron chi connectivity index (χ3n) is 4.85. The number of para-hydroxylation sites is 1. The van der Waals surface area contributed by atoms with Crippen molar-refractivity contribution in [3.8, 4) is 5.75 Å². The number of carbonyl (C=O) groups excluding carboxylic acids is 1. The summed E-state index contributed by atoms with van der Waals surface area (Å²) in [5.74, 6) is 2.05. The molecule has 28 heavy (non-hydrogen) atoms. The number of ether oxygens (including phenoxy) is 1. The molecule has 5 heteroatoms. The summed E-state index contributed by atoms with van der Waals surface area (Å²) in [5.41, 5.74) is 0.946. The van der Waals surface area contributed by atoms with Crippen LogP contribution >= 0.6 is 11.8 Å². The fourth-order valence-electron chi connectivity index (χ4n) is 3.33. The molecule has 1 aliphatic rings. The van der Waals surface area contributed by atoms with Gasteiger partial charge < -0.3 is 14.1 Å². The molecule has 1 saturated heterocycles. The van der Waals surface area contributed by atoms with E-state index in [1.54, 1.807) is 18.0 Å². The van der Waals surface area contributed by atoms with E-state index in [0.29, 0.717) is 18.8 Å². The number of carbonyl (C=O) groups is 1. The first-order chi connectivity index (χ1) is 13.8. The van der Waals surface area contributed by atoms with Gasteiger partial charge in [-0.05, 0) is 30.3 Å². The van der Waals surface area contributed by atoms with Crippen molar-refractivity contribution >= 4 is 17.7 Å². The maximum absolute atomic E-state index is 12.9. The molecule has 1 aromatic heterocycles. The van der Waals surface area contributed by atoms with Crippen molar-refractivity contribution in [3.05, 3.63) is 84.3 Å². The van der Waals surface area contributed by atoms with Crippen molar-refractivity contribution in [2.45, 2.75) is 29.6 Å². The van der Waals surface area contributed by atoms with Crippen LogP contribution < -0.4 is 4.74 Å². The van der Waals surface area contributed by atoms with Crippen LogP contribution in [0.5, 0.6) is 5.75 Å². The van der Waals surface area contributed by atoms with Crippen LogP contribution in [-0.4, -0.2) is 30.0 Å². The molecule has 3 aromatic rings. The average molecular weight is 394 g/mol. The van der Waals surface area contributed by atoms with Gasteiger partial charge in [0.2, 0.25) is 0 Å². The molecule has 0 bridgehead atoms. The van der Waals surface area contributed by atoms with Gasteiger partial charge >= 0.3 is 0 Å². The zero-order chi connectivity index (χ0) is 19.2. The summed E-state index contributed by atoms with van der Waals surface area (Å²) in [4.78, 5) is 16.0. The first kappa shape index (κ1) is 18.7. The summed E-state index contributed by atoms with van der Waals surface area (Å²) < 4.78 is 11.6. The van der Waals surface area contributed by atoms with E-state index >= 15 is 0 Å². The van der Waals surface area contributed by atoms with Crippen molar-refractivity contribution in [1.29, 1.82) is 0 Å². The minimum Gasteiger partial charge on any atom is -0.490 e. The van der Waals surface area contributed by atoms with Crippen LogP contribution in [0.15, 0.2) is 82.3 Å². The second-order valence-electron chi connectivity index (χ2n) is 6.80. The molecule has 2 aromatic carbocycles. The average Bonchev–Trinajstić information content (AvgIpc) is 3.22. The van der Waals surface area contributed by atoms with Crippen LogP contribution in [0.3, 0.4) is 0 Å². The predicted molar refractivity (Wildman–Crippen MR) is 111 cm³/mol. The maximum atomic E-state index is 12.9. The van der Waals surface area contributed by atoms with Gasteiger partial charge in [-0.1, -0.05) is 36.4 Å². The highest BCUT2D eigenvalue weighted by atomic mass is 32.2. The molecule has 2 heterocycles. The van der Waals surface area contributed by atoms with Gasteiger partial charge in [0, 0.05) is 42.1 Å². The van der Waals surface area contributed by atoms with Crippen LogP contribution in [0.25, 0.3) is 0 Å². The number of piperidine rings is 1. The number of thioether (sulfide) groups is 1. The quantitative estimate of drug-likeness (QED) is 0.536. The van der Waals surface area contributed by atoms with E-state index in [1.165, 1.54) is 4.90 Å². The lowest BCUT2D eigenvalue weighted by Gasteiger charge is -2.31. The molecule has 0 radical (unpaired) electrons. The zero-order valence-electron chi connectivity index (χ0n) is 15.6. The monoisotopic (exact) mass is 393 g/mol. The summed E-state index contributed by atoms with van der Waals surface area (Å²) in [7, 11) is 0. The van der Waals surface area contributed by atoms with E-state index in [-0.39, 0.29) is 12.0 Å². The van der Waals surface area contributed by atoms with Crippen LogP contribution in [0.1, 0.15) is 29.0 Å². The Kier molecular flexibility index (Phi) is 6.02. The van der Waals surface area contributed by atoms with E-state index in [1.807, 2.05) is 59.5 Å². The van der Waals surface area contributed by atoms with Gasteiger partial charge in [0.25, 0.3) is 5.91 Å². The summed E-state index contributed by atoms with van der Waals surface area (Å²) in [6, 6.07) is 21.9. The summed E-state index contributed by atoms with van der Waals surface area (Å²) >= 11 is 1.71. The SMILES string of the molecule is O=C(c1occc1CSc1ccccc1)N1CCC(Oc2ccccc2)CC1. The van der Waals surface area contributed by atoms with Gasteiger partial charge in [0.1, 0.15) is 11.9 Å². The van der Waals surface area contributed by atoms with Gasteiger partial charge in [-0.3, -0.25) is 4.79 Å². The minimum absolute atomic E-state index is 0.0215. The van der Waals surface area contributed by atoms with Crippen LogP contribution in [-0.2, 0) is 5.75 Å². The summed E-state index contributed by atoms with van der Waals surface area (Å²) in [5, 5.41) is 0. The molecule has 4 nitrogen and oxygen atoms in total. The fraction of sp³-hybridized carbons (Fsp3) is 0.261. The molecule has 1 fully saturated rings. The van der Waals surface area contributed by atoms with E-state index in [0.717, 1.165) is 29.9 Å². The Morgan fingerprint density at radius 3 is 2.39 bits per heavy atom. The Bertz CT molecular complexity index is 886. The molecule has 0 spiro atoms. The van der Waals surface area contributed by atoms with Crippen molar-refractivity contribution in [2.24, 2.45) is 0 Å². The van der Waals surface area contributed by atoms with Crippen molar-refractivity contribution in [2.75, 3.05) is 13.1 Å². The number of likely N-dealkylation sites (tertiary alicyclic amines) is 1. The molecule has 4 rings (SSSR count). The second kappa shape index (κ2) is 9.02. The summed E-state index contributed by atoms with van der Waals surface area (Å²) in [6.07, 6.45) is 3.42. The molecule has 0 N–H and O–H groups in total. The Balaban J connectivity index is 1.32. The number of hydrogen-bond acceptors (Lipinski definition) is 4. The van der Waals surface area contributed by atoms with Gasteiger partial charge in [0.15, 0.2) is 5.76 Å². The molecule has 0 unspecified atom stereocenters. The second-order valence-corrected chi connectivity index (χ2v) is 7.85. The highest BCUT2D eigenvalue weighted by Gasteiger charge is 2.27. The highest BCUT2D eigenvalue weighted by molar-refractivity contribution is 7.98. The number of rotatable bonds is 6. The smallest absolute Gasteiger partial charge is 0.289 e. The van der Waals surface area contributed by atoms with E-state index < -0.39 is 0 Å². The molecular weight excluding hydrogens is 370 g/mol. The number of nitrogens with zero attached hydrogens (tertiary/aromatic N) is 1. The van der Waals surface area contributed by atoms with Gasteiger partial charge in [-0.25, -0.2) is 0 Å². The molecule has 0 aliphatic carbocycles. The van der Waals surface area contributed by atoms with Crippen molar-refractivity contribution < 1.29 is 13.9 Å². The summed E-state index contributed by atoms with van der Waals surface area (Å²) in [6.45, 7) is 1.37. The molecule has 144 valence electrons. The lowest BCUT2D eigenvalue weighted by Crippen LogP contribution is -2.41. The lowest BCUT2D eigenvalue weighted by molar-refractivity contribution is 0.0566. The van der Waals surface area contributed by atoms with Crippen LogP contribution in [0, 0.1) is 0 Å². The standard InChI is InChI=1S/C23H23NO3S/c25-23(22-18(13-16-26-22)17-28-21-9-5-2-6-10-21)24-14-11-20(12-15-24)27-19-7-3-1-4-8-19/h1-10,13,16,20H,11-12,14-15,17H2. The Morgan fingerprint density at radius 2 is 1.68 bits per heavy atom. The molecule has 1 amide bonds. The number of amides is 1. The Morgan fingerprint density at radius 1 is 1.00 bits per heavy atom. The third-order valence-corrected chi connectivity index (χ3v) is 5.91. The van der Waals surface area contributed by atoms with E-state index in [2.05, 4.69) is 12.1 Å². The van der Waals surface area contributed by atoms with E-state index in [9.17, 15) is 4.79 Å². The minimum atomic E-state index is -0.0215. The fourth-order valence-corrected chi connectivity index (χ4v) is 4.23. The molecule has 0 saturated carbocycles. The Hall–Kier alpha value is -2.66. The van der Waals surface area contributed by atoms with Crippen molar-refractivity contribution in [1.82, 2.24) is 4.90 Å². The number of benzene rings is 2. The van der Waals surface area contributed by atoms with Gasteiger partial charge in [-0.15, -0.1) is 11.8 Å². The first-order valence-electron chi connectivity index (χ1n) is 9.55. The molecule has 1 aliphatic heterocycles. The van der Waals surface area contributed by atoms with Crippen LogP contribution in [0.4, 0.5) is 0 Å². The zero-order valence-corrected chi connectivity index (χ0v) is 16.4. The largest absolute Gasteiger partial charge is 0.490 e. The maximum Gasteiger partial charge on any atom is 0.289 e. The van der Waals surface area contributed by atoms with Gasteiger partial charge in [-0.2, -0.15) is 0 Å². The molecule has 0 atom stereocenters. The third kappa shape index (κ3) is 4.60. The number of hydrogen-bond donors (Lipinski definition) is 0. The van der Waals surface area contributed by atoms with Crippen LogP contribution in [0.2, 0.25) is 0 Å². The highest BCUT2D eigenvalue weighted by Crippen LogP contribution is 2.26. The van der Waals surface area contributed by atoms with E-state index in [4.69, 9.17) is 9.15 Å². The lowest BCUT2D eigenvalue weighted by atomic mass is 10.1. The Labute approximate surface area is 169 Å². The topological polar surface area (TPSA) is 42.7 Å². The molecular formula is C23H23NO3S. The van der Waals surface area contributed by atoms with Gasteiger partial charge in [0.05, 0.1) is 6.26 Å². The normalized spacial score (nSPS) is 14.8. The first-order valence-corrected chi connectivity index (χ1v) is 10.5.